The summed E-state index contributed by atoms with van der Waals surface area (Å²) in [6, 6.07) is 22.3. The van der Waals surface area contributed by atoms with Crippen LogP contribution in [0.1, 0.15) is 10.4 Å². The predicted molar refractivity (Wildman–Crippen MR) is 139 cm³/mol. The Labute approximate surface area is 208 Å². The topological polar surface area (TPSA) is 92.9 Å². The van der Waals surface area contributed by atoms with Gasteiger partial charge in [-0.1, -0.05) is 24.3 Å². The lowest BCUT2D eigenvalue weighted by molar-refractivity contribution is 0.100. The largest absolute Gasteiger partial charge is 0.497 e. The van der Waals surface area contributed by atoms with Crippen molar-refractivity contribution in [2.45, 2.75) is 0 Å². The molecule has 0 aliphatic carbocycles. The molecule has 7 nitrogen and oxygen atoms in total. The molecule has 0 atom stereocenters. The summed E-state index contributed by atoms with van der Waals surface area (Å²) in [5.41, 5.74) is 8.42. The minimum atomic E-state index is -0.512. The van der Waals surface area contributed by atoms with Crippen molar-refractivity contribution in [1.82, 2.24) is 4.98 Å². The maximum atomic E-state index is 12.4. The van der Waals surface area contributed by atoms with Crippen molar-refractivity contribution in [2.75, 3.05) is 21.3 Å². The third kappa shape index (κ3) is 4.11. The van der Waals surface area contributed by atoms with Crippen molar-refractivity contribution >= 4 is 27.6 Å². The van der Waals surface area contributed by atoms with Gasteiger partial charge >= 0.3 is 0 Å². The smallest absolute Gasteiger partial charge is 0.249 e. The summed E-state index contributed by atoms with van der Waals surface area (Å²) in [7, 11) is 4.77. The van der Waals surface area contributed by atoms with E-state index < -0.39 is 5.91 Å². The highest BCUT2D eigenvalue weighted by Gasteiger charge is 2.16. The molecular formula is C29H24N2O5. The highest BCUT2D eigenvalue weighted by atomic mass is 16.5. The first-order chi connectivity index (χ1) is 17.5. The van der Waals surface area contributed by atoms with Gasteiger partial charge in [-0.05, 0) is 58.8 Å². The van der Waals surface area contributed by atoms with E-state index in [1.165, 1.54) is 0 Å². The van der Waals surface area contributed by atoms with Crippen LogP contribution in [0.2, 0.25) is 0 Å². The predicted octanol–water partition coefficient (Wildman–Crippen LogP) is 5.97. The number of aromatic nitrogens is 1. The molecule has 5 rings (SSSR count). The molecule has 1 aromatic heterocycles. The van der Waals surface area contributed by atoms with Crippen molar-refractivity contribution in [1.29, 1.82) is 0 Å². The lowest BCUT2D eigenvalue weighted by Gasteiger charge is -2.15. The van der Waals surface area contributed by atoms with Gasteiger partial charge in [-0.15, -0.1) is 0 Å². The molecule has 2 N–H and O–H groups in total. The minimum Gasteiger partial charge on any atom is -0.497 e. The molecule has 0 saturated carbocycles. The molecule has 0 aliphatic heterocycles. The molecule has 1 heterocycles. The maximum absolute atomic E-state index is 12.4. The average molecular weight is 481 g/mol. The van der Waals surface area contributed by atoms with Gasteiger partial charge in [0.1, 0.15) is 17.2 Å². The number of rotatable bonds is 7. The quantitative estimate of drug-likeness (QED) is 0.308. The molecule has 180 valence electrons. The van der Waals surface area contributed by atoms with Gasteiger partial charge < -0.3 is 24.7 Å². The van der Waals surface area contributed by atoms with Crippen LogP contribution in [-0.4, -0.2) is 32.2 Å². The van der Waals surface area contributed by atoms with Gasteiger partial charge in [0.2, 0.25) is 5.91 Å². The van der Waals surface area contributed by atoms with Gasteiger partial charge in [0.25, 0.3) is 0 Å². The lowest BCUT2D eigenvalue weighted by Crippen LogP contribution is -2.12. The molecule has 7 heteroatoms. The Kier molecular flexibility index (Phi) is 6.04. The second-order valence-corrected chi connectivity index (χ2v) is 8.10. The number of nitrogens with zero attached hydrogens (tertiary/aromatic N) is 1. The highest BCUT2D eigenvalue weighted by molar-refractivity contribution is 6.09. The number of fused-ring (bicyclic) bond motifs is 2. The van der Waals surface area contributed by atoms with E-state index in [9.17, 15) is 4.79 Å². The standard InChI is InChI=1S/C29H24N2O5/c1-33-19-6-4-5-18(13-19)28-21(29(30)32)10-8-17-7-9-20(14-22(17)28)36-25-11-12-31-24-16-27(35-3)26(34-2)15-23(24)25/h4-16H,1-3H3,(H2,30,32). The first-order valence-electron chi connectivity index (χ1n) is 11.2. The zero-order chi connectivity index (χ0) is 25.2. The van der Waals surface area contributed by atoms with Gasteiger partial charge in [-0.3, -0.25) is 9.78 Å². The SMILES string of the molecule is COc1cccc(-c2c(C(N)=O)ccc3ccc(Oc4ccnc5cc(OC)c(OC)cc45)cc23)c1. The third-order valence-electron chi connectivity index (χ3n) is 6.05. The Balaban J connectivity index is 1.67. The lowest BCUT2D eigenvalue weighted by atomic mass is 9.92. The molecule has 0 aliphatic rings. The monoisotopic (exact) mass is 480 g/mol. The van der Waals surface area contributed by atoms with Crippen molar-refractivity contribution in [2.24, 2.45) is 5.73 Å². The van der Waals surface area contributed by atoms with Crippen molar-refractivity contribution in [3.8, 4) is 39.9 Å². The van der Waals surface area contributed by atoms with Crippen LogP contribution in [0, 0.1) is 0 Å². The fraction of sp³-hybridized carbons (Fsp3) is 0.103. The summed E-state index contributed by atoms with van der Waals surface area (Å²) < 4.78 is 22.6. The minimum absolute atomic E-state index is 0.416. The molecule has 0 saturated heterocycles. The number of hydrogen-bond acceptors (Lipinski definition) is 6. The molecule has 1 amide bonds. The molecule has 0 bridgehead atoms. The number of amides is 1. The zero-order valence-corrected chi connectivity index (χ0v) is 20.1. The Morgan fingerprint density at radius 3 is 2.28 bits per heavy atom. The molecule has 0 radical (unpaired) electrons. The Hall–Kier alpha value is -4.78. The molecule has 0 spiro atoms. The first kappa shape index (κ1) is 23.0. The van der Waals surface area contributed by atoms with Crippen LogP contribution in [0.15, 0.2) is 79.0 Å². The number of hydrogen-bond donors (Lipinski definition) is 1. The summed E-state index contributed by atoms with van der Waals surface area (Å²) in [4.78, 5) is 16.8. The van der Waals surface area contributed by atoms with Crippen LogP contribution in [-0.2, 0) is 0 Å². The van der Waals surface area contributed by atoms with E-state index in [4.69, 9.17) is 24.7 Å². The average Bonchev–Trinajstić information content (AvgIpc) is 2.91. The number of carbonyl (C=O) groups excluding carboxylic acids is 1. The van der Waals surface area contributed by atoms with Crippen LogP contribution >= 0.6 is 0 Å². The Bertz CT molecular complexity index is 1610. The molecule has 36 heavy (non-hydrogen) atoms. The number of pyridine rings is 1. The van der Waals surface area contributed by atoms with Crippen molar-refractivity contribution in [3.63, 3.8) is 0 Å². The van der Waals surface area contributed by atoms with Crippen LogP contribution in [0.25, 0.3) is 32.8 Å². The number of benzene rings is 4. The van der Waals surface area contributed by atoms with Crippen LogP contribution in [0.4, 0.5) is 0 Å². The number of ether oxygens (including phenoxy) is 4. The van der Waals surface area contributed by atoms with Crippen molar-refractivity contribution < 1.29 is 23.7 Å². The maximum Gasteiger partial charge on any atom is 0.249 e. The molecule has 4 aromatic carbocycles. The van der Waals surface area contributed by atoms with Crippen molar-refractivity contribution in [3.05, 3.63) is 84.6 Å². The summed E-state index contributed by atoms with van der Waals surface area (Å²) in [6.45, 7) is 0. The van der Waals surface area contributed by atoms with Crippen LogP contribution in [0.5, 0.6) is 28.7 Å². The van der Waals surface area contributed by atoms with E-state index in [2.05, 4.69) is 4.98 Å². The summed E-state index contributed by atoms with van der Waals surface area (Å²) in [5, 5.41) is 2.54. The van der Waals surface area contributed by atoms with Crippen LogP contribution in [0.3, 0.4) is 0 Å². The van der Waals surface area contributed by atoms with Gasteiger partial charge in [0, 0.05) is 28.8 Å². The van der Waals surface area contributed by atoms with Crippen LogP contribution < -0.4 is 24.7 Å². The van der Waals surface area contributed by atoms with Gasteiger partial charge in [0.05, 0.1) is 26.8 Å². The van der Waals surface area contributed by atoms with E-state index in [1.54, 1.807) is 45.7 Å². The fourth-order valence-electron chi connectivity index (χ4n) is 4.32. The number of primary amides is 1. The number of carbonyl (C=O) groups is 1. The van der Waals surface area contributed by atoms with E-state index in [0.29, 0.717) is 39.8 Å². The Morgan fingerprint density at radius 1 is 0.750 bits per heavy atom. The van der Waals surface area contributed by atoms with E-state index in [0.717, 1.165) is 27.3 Å². The van der Waals surface area contributed by atoms with E-state index >= 15 is 0 Å². The molecular weight excluding hydrogens is 456 g/mol. The number of nitrogens with two attached hydrogens (primary N) is 1. The molecule has 0 fully saturated rings. The first-order valence-corrected chi connectivity index (χ1v) is 11.2. The normalized spacial score (nSPS) is 10.9. The number of methoxy groups -OCH3 is 3. The second-order valence-electron chi connectivity index (χ2n) is 8.10. The highest BCUT2D eigenvalue weighted by Crippen LogP contribution is 2.39. The zero-order valence-electron chi connectivity index (χ0n) is 20.1. The van der Waals surface area contributed by atoms with Gasteiger partial charge in [-0.2, -0.15) is 0 Å². The fourth-order valence-corrected chi connectivity index (χ4v) is 4.32. The third-order valence-corrected chi connectivity index (χ3v) is 6.05. The second kappa shape index (κ2) is 9.46. The molecule has 0 unspecified atom stereocenters. The van der Waals surface area contributed by atoms with E-state index in [1.807, 2.05) is 54.6 Å². The summed E-state index contributed by atoms with van der Waals surface area (Å²) >= 11 is 0. The Morgan fingerprint density at radius 2 is 1.53 bits per heavy atom. The molecule has 5 aromatic rings. The summed E-state index contributed by atoms with van der Waals surface area (Å²) in [5.74, 6) is 2.53. The van der Waals surface area contributed by atoms with Gasteiger partial charge in [-0.25, -0.2) is 0 Å². The van der Waals surface area contributed by atoms with Gasteiger partial charge in [0.15, 0.2) is 11.5 Å². The summed E-state index contributed by atoms with van der Waals surface area (Å²) in [6.07, 6.45) is 1.68. The van der Waals surface area contributed by atoms with E-state index in [-0.39, 0.29) is 0 Å².